The molecule has 0 aliphatic heterocycles. The summed E-state index contributed by atoms with van der Waals surface area (Å²) in [6.07, 6.45) is -3.59. The smallest absolute Gasteiger partial charge is 0.380 e. The summed E-state index contributed by atoms with van der Waals surface area (Å²) in [5, 5.41) is 5.87. The van der Waals surface area contributed by atoms with Crippen LogP contribution < -0.4 is 10.9 Å². The molecule has 5 nitrogen and oxygen atoms in total. The minimum absolute atomic E-state index is 0.145. The van der Waals surface area contributed by atoms with Crippen molar-refractivity contribution >= 4 is 17.3 Å². The fourth-order valence-corrected chi connectivity index (χ4v) is 1.42. The lowest BCUT2D eigenvalue weighted by molar-refractivity contribution is -0.143. The molecule has 0 saturated heterocycles. The molecule has 19 heavy (non-hydrogen) atoms. The van der Waals surface area contributed by atoms with Crippen molar-refractivity contribution in [3.63, 3.8) is 0 Å². The van der Waals surface area contributed by atoms with E-state index in [1.165, 1.54) is 7.11 Å². The number of alkyl halides is 3. The normalized spacial score (nSPS) is 13.4. The maximum atomic E-state index is 12.2. The minimum atomic E-state index is -4.53. The molecule has 1 N–H and O–H groups in total. The van der Waals surface area contributed by atoms with Crippen LogP contribution in [0.5, 0.6) is 0 Å². The molecule has 1 aromatic rings. The maximum Gasteiger partial charge on any atom is 0.408 e. The summed E-state index contributed by atoms with van der Waals surface area (Å²) in [5.41, 5.74) is -0.817. The molecule has 0 aliphatic rings. The first-order valence-corrected chi connectivity index (χ1v) is 5.71. The average Bonchev–Trinajstić information content (AvgIpc) is 2.32. The molecule has 0 amide bonds. The van der Waals surface area contributed by atoms with Gasteiger partial charge in [-0.1, -0.05) is 11.6 Å². The van der Waals surface area contributed by atoms with Crippen molar-refractivity contribution in [2.45, 2.75) is 25.7 Å². The lowest BCUT2D eigenvalue weighted by Crippen LogP contribution is -2.31. The number of nitrogens with one attached hydrogen (secondary N) is 1. The van der Waals surface area contributed by atoms with Crippen molar-refractivity contribution in [3.8, 4) is 0 Å². The number of ether oxygens (including phenoxy) is 1. The van der Waals surface area contributed by atoms with Gasteiger partial charge in [0.2, 0.25) is 0 Å². The fraction of sp³-hybridized carbons (Fsp3) is 0.600. The second-order valence-corrected chi connectivity index (χ2v) is 4.26. The SMILES string of the molecule is COC(C)CNc1cnn(CC(F)(F)F)c(=O)c1Cl. The largest absolute Gasteiger partial charge is 0.408 e. The van der Waals surface area contributed by atoms with E-state index in [-0.39, 0.29) is 21.5 Å². The van der Waals surface area contributed by atoms with Crippen LogP contribution in [-0.2, 0) is 11.3 Å². The van der Waals surface area contributed by atoms with Gasteiger partial charge in [-0.2, -0.15) is 18.3 Å². The Labute approximate surface area is 112 Å². The monoisotopic (exact) mass is 299 g/mol. The van der Waals surface area contributed by atoms with Gasteiger partial charge < -0.3 is 10.1 Å². The Hall–Kier alpha value is -1.28. The molecule has 0 bridgehead atoms. The maximum absolute atomic E-state index is 12.2. The molecule has 0 fully saturated rings. The van der Waals surface area contributed by atoms with Crippen LogP contribution in [0.25, 0.3) is 0 Å². The minimum Gasteiger partial charge on any atom is -0.380 e. The summed E-state index contributed by atoms with van der Waals surface area (Å²) >= 11 is 5.71. The molecule has 1 atom stereocenters. The molecule has 0 aliphatic carbocycles. The highest BCUT2D eigenvalue weighted by Gasteiger charge is 2.29. The zero-order valence-corrected chi connectivity index (χ0v) is 11.0. The molecule has 0 radical (unpaired) electrons. The number of nitrogens with zero attached hydrogens (tertiary/aromatic N) is 2. The summed E-state index contributed by atoms with van der Waals surface area (Å²) in [6.45, 7) is 0.653. The highest BCUT2D eigenvalue weighted by Crippen LogP contribution is 2.19. The van der Waals surface area contributed by atoms with Crippen molar-refractivity contribution in [2.75, 3.05) is 19.0 Å². The second-order valence-electron chi connectivity index (χ2n) is 3.88. The van der Waals surface area contributed by atoms with Crippen LogP contribution in [0.4, 0.5) is 18.9 Å². The van der Waals surface area contributed by atoms with Gasteiger partial charge in [-0.05, 0) is 6.92 Å². The molecular formula is C10H13ClF3N3O2. The van der Waals surface area contributed by atoms with Crippen LogP contribution in [0.15, 0.2) is 11.0 Å². The van der Waals surface area contributed by atoms with E-state index in [9.17, 15) is 18.0 Å². The topological polar surface area (TPSA) is 56.1 Å². The number of methoxy groups -OCH3 is 1. The number of anilines is 1. The van der Waals surface area contributed by atoms with Crippen LogP contribution in [0.2, 0.25) is 5.02 Å². The van der Waals surface area contributed by atoms with Crippen LogP contribution >= 0.6 is 11.6 Å². The van der Waals surface area contributed by atoms with Gasteiger partial charge in [-0.15, -0.1) is 0 Å². The summed E-state index contributed by atoms with van der Waals surface area (Å²) < 4.78 is 41.8. The Morgan fingerprint density at radius 1 is 1.58 bits per heavy atom. The molecule has 0 aromatic carbocycles. The summed E-state index contributed by atoms with van der Waals surface area (Å²) in [5.74, 6) is 0. The van der Waals surface area contributed by atoms with Crippen LogP contribution in [0.1, 0.15) is 6.92 Å². The molecule has 9 heteroatoms. The molecule has 1 aromatic heterocycles. The second kappa shape index (κ2) is 6.25. The third-order valence-corrected chi connectivity index (χ3v) is 2.66. The van der Waals surface area contributed by atoms with E-state index in [1.807, 2.05) is 0 Å². The molecule has 1 unspecified atom stereocenters. The van der Waals surface area contributed by atoms with E-state index in [4.69, 9.17) is 16.3 Å². The van der Waals surface area contributed by atoms with Crippen LogP contribution in [0.3, 0.4) is 0 Å². The summed E-state index contributed by atoms with van der Waals surface area (Å²) in [4.78, 5) is 11.6. The third-order valence-electron chi connectivity index (χ3n) is 2.30. The van der Waals surface area contributed by atoms with Crippen molar-refractivity contribution in [1.29, 1.82) is 0 Å². The molecule has 108 valence electrons. The lowest BCUT2D eigenvalue weighted by atomic mass is 10.3. The van der Waals surface area contributed by atoms with Crippen LogP contribution in [-0.4, -0.2) is 35.7 Å². The van der Waals surface area contributed by atoms with Gasteiger partial charge in [0.25, 0.3) is 5.56 Å². The van der Waals surface area contributed by atoms with Gasteiger partial charge in [-0.3, -0.25) is 4.79 Å². The molecule has 0 saturated carbocycles. The van der Waals surface area contributed by atoms with Gasteiger partial charge >= 0.3 is 6.18 Å². The zero-order valence-electron chi connectivity index (χ0n) is 10.3. The first kappa shape index (κ1) is 15.8. The van der Waals surface area contributed by atoms with E-state index in [2.05, 4.69) is 10.4 Å². The molecule has 1 heterocycles. The summed E-state index contributed by atoms with van der Waals surface area (Å²) in [7, 11) is 1.51. The third kappa shape index (κ3) is 4.71. The predicted molar refractivity (Wildman–Crippen MR) is 64.5 cm³/mol. The molecule has 1 rings (SSSR count). The van der Waals surface area contributed by atoms with E-state index >= 15 is 0 Å². The quantitative estimate of drug-likeness (QED) is 0.902. The summed E-state index contributed by atoms with van der Waals surface area (Å²) in [6, 6.07) is 0. The average molecular weight is 300 g/mol. The fourth-order valence-electron chi connectivity index (χ4n) is 1.21. The molecule has 0 spiro atoms. The van der Waals surface area contributed by atoms with E-state index in [0.717, 1.165) is 6.20 Å². The van der Waals surface area contributed by atoms with Gasteiger partial charge in [0, 0.05) is 13.7 Å². The highest BCUT2D eigenvalue weighted by molar-refractivity contribution is 6.32. The number of aromatic nitrogens is 2. The first-order valence-electron chi connectivity index (χ1n) is 5.33. The van der Waals surface area contributed by atoms with E-state index in [0.29, 0.717) is 6.54 Å². The van der Waals surface area contributed by atoms with Crippen molar-refractivity contribution in [1.82, 2.24) is 9.78 Å². The Morgan fingerprint density at radius 3 is 2.74 bits per heavy atom. The van der Waals surface area contributed by atoms with Crippen molar-refractivity contribution in [3.05, 3.63) is 21.6 Å². The predicted octanol–water partition coefficient (Wildman–Crippen LogP) is 1.91. The lowest BCUT2D eigenvalue weighted by Gasteiger charge is -2.14. The Bertz CT molecular complexity index is 490. The van der Waals surface area contributed by atoms with Gasteiger partial charge in [0.15, 0.2) is 0 Å². The van der Waals surface area contributed by atoms with E-state index < -0.39 is 18.3 Å². The number of hydrogen-bond donors (Lipinski definition) is 1. The van der Waals surface area contributed by atoms with Gasteiger partial charge in [0.05, 0.1) is 18.0 Å². The van der Waals surface area contributed by atoms with Crippen molar-refractivity contribution in [2.24, 2.45) is 0 Å². The Balaban J connectivity index is 2.89. The van der Waals surface area contributed by atoms with Gasteiger partial charge in [-0.25, -0.2) is 4.68 Å². The number of halogens is 4. The first-order chi connectivity index (χ1) is 8.74. The highest BCUT2D eigenvalue weighted by atomic mass is 35.5. The zero-order chi connectivity index (χ0) is 14.6. The van der Waals surface area contributed by atoms with Crippen LogP contribution in [0, 0.1) is 0 Å². The Morgan fingerprint density at radius 2 is 2.21 bits per heavy atom. The standard InChI is InChI=1S/C10H13ClF3N3O2/c1-6(19-2)3-15-7-4-16-17(5-10(12,13)14)9(18)8(7)11/h4,6,15H,3,5H2,1-2H3. The Kier molecular flexibility index (Phi) is 5.19. The van der Waals surface area contributed by atoms with Crippen molar-refractivity contribution < 1.29 is 17.9 Å². The molecular weight excluding hydrogens is 287 g/mol. The van der Waals surface area contributed by atoms with Gasteiger partial charge in [0.1, 0.15) is 11.6 Å². The number of rotatable bonds is 5. The van der Waals surface area contributed by atoms with E-state index in [1.54, 1.807) is 6.92 Å². The number of hydrogen-bond acceptors (Lipinski definition) is 4.